The summed E-state index contributed by atoms with van der Waals surface area (Å²) in [5.41, 5.74) is 1.38. The van der Waals surface area contributed by atoms with E-state index in [0.717, 1.165) is 31.9 Å². The number of hydrogen-bond donors (Lipinski definition) is 1. The van der Waals surface area contributed by atoms with Gasteiger partial charge in [0.15, 0.2) is 28.6 Å². The second kappa shape index (κ2) is 9.44. The molecule has 2 aliphatic heterocycles. The Bertz CT molecular complexity index is 1730. The van der Waals surface area contributed by atoms with Crippen LogP contribution in [0.4, 0.5) is 23.1 Å². The maximum absolute atomic E-state index is 13.4. The minimum absolute atomic E-state index is 0.108. The van der Waals surface area contributed by atoms with E-state index in [9.17, 15) is 9.59 Å². The molecule has 4 aromatic rings. The number of carbonyl (C=O) groups is 1. The van der Waals surface area contributed by atoms with Crippen LogP contribution >= 0.6 is 0 Å². The van der Waals surface area contributed by atoms with E-state index in [-0.39, 0.29) is 18.0 Å². The number of aromatic nitrogens is 5. The smallest absolute Gasteiger partial charge is 0.278 e. The van der Waals surface area contributed by atoms with Gasteiger partial charge >= 0.3 is 0 Å². The van der Waals surface area contributed by atoms with Gasteiger partial charge in [-0.2, -0.15) is 4.98 Å². The minimum Gasteiger partial charge on any atom is -0.474 e. The number of likely N-dealkylation sites (N-methyl/N-ethyl adjacent to an activating group) is 2. The van der Waals surface area contributed by atoms with E-state index in [0.29, 0.717) is 47.2 Å². The number of carbonyl (C=O) groups excluding carboxylic acids is 1. The zero-order chi connectivity index (χ0) is 28.3. The van der Waals surface area contributed by atoms with E-state index in [2.05, 4.69) is 45.9 Å². The number of nitrogens with zero attached hydrogens (tertiary/aromatic N) is 8. The molecule has 1 aliphatic carbocycles. The Balaban J connectivity index is 1.24. The van der Waals surface area contributed by atoms with Gasteiger partial charge in [0.2, 0.25) is 5.95 Å². The predicted molar refractivity (Wildman–Crippen MR) is 157 cm³/mol. The molecule has 5 heterocycles. The van der Waals surface area contributed by atoms with Crippen LogP contribution in [-0.4, -0.2) is 81.0 Å². The molecule has 1 spiro atoms. The number of nitrogens with one attached hydrogen (secondary N) is 1. The van der Waals surface area contributed by atoms with Crippen molar-refractivity contribution in [2.75, 3.05) is 55.4 Å². The first-order valence-electron chi connectivity index (χ1n) is 13.8. The number of anilines is 4. The summed E-state index contributed by atoms with van der Waals surface area (Å²) in [7, 11) is 3.84. The number of allylic oxidation sites excluding steroid dienone is 1. The summed E-state index contributed by atoms with van der Waals surface area (Å²) in [6, 6.07) is 11.7. The van der Waals surface area contributed by atoms with Crippen LogP contribution in [0.3, 0.4) is 0 Å². The van der Waals surface area contributed by atoms with Crippen LogP contribution in [0.15, 0.2) is 60.0 Å². The molecule has 3 aliphatic rings. The van der Waals surface area contributed by atoms with Crippen molar-refractivity contribution in [3.8, 4) is 11.6 Å². The van der Waals surface area contributed by atoms with Crippen molar-refractivity contribution in [1.29, 1.82) is 0 Å². The summed E-state index contributed by atoms with van der Waals surface area (Å²) in [6.07, 6.45) is 4.56. The third-order valence-electron chi connectivity index (χ3n) is 8.03. The zero-order valence-electron chi connectivity index (χ0n) is 23.1. The average Bonchev–Trinajstić information content (AvgIpc) is 3.71. The number of ether oxygens (including phenoxy) is 1. The van der Waals surface area contributed by atoms with Crippen molar-refractivity contribution in [3.05, 3.63) is 65.6 Å². The molecule has 12 nitrogen and oxygen atoms in total. The molecular weight excluding hydrogens is 522 g/mol. The van der Waals surface area contributed by atoms with Crippen LogP contribution in [0.1, 0.15) is 12.8 Å². The van der Waals surface area contributed by atoms with E-state index in [1.807, 2.05) is 12.1 Å². The first-order valence-corrected chi connectivity index (χ1v) is 13.8. The summed E-state index contributed by atoms with van der Waals surface area (Å²) in [5.74, 6) is 1.60. The summed E-state index contributed by atoms with van der Waals surface area (Å²) in [5, 5.41) is 3.61. The van der Waals surface area contributed by atoms with E-state index in [1.54, 1.807) is 29.9 Å². The second-order valence-electron chi connectivity index (χ2n) is 10.8. The molecule has 41 heavy (non-hydrogen) atoms. The normalized spacial score (nSPS) is 18.0. The third kappa shape index (κ3) is 4.22. The highest BCUT2D eigenvalue weighted by Crippen LogP contribution is 2.48. The van der Waals surface area contributed by atoms with Crippen LogP contribution in [-0.2, 0) is 11.3 Å². The first kappa shape index (κ1) is 25.3. The maximum atomic E-state index is 13.4. The molecule has 1 amide bonds. The molecule has 12 heteroatoms. The van der Waals surface area contributed by atoms with Crippen LogP contribution in [0.25, 0.3) is 16.9 Å². The number of pyridine rings is 1. The van der Waals surface area contributed by atoms with Crippen molar-refractivity contribution in [2.45, 2.75) is 25.0 Å². The number of hydrogen-bond acceptors (Lipinski definition) is 9. The van der Waals surface area contributed by atoms with Gasteiger partial charge in [0.1, 0.15) is 5.39 Å². The third-order valence-corrected chi connectivity index (χ3v) is 8.03. The van der Waals surface area contributed by atoms with Gasteiger partial charge in [-0.3, -0.25) is 14.5 Å². The summed E-state index contributed by atoms with van der Waals surface area (Å²) >= 11 is 0. The topological polar surface area (TPSA) is 114 Å². The Morgan fingerprint density at radius 1 is 1.02 bits per heavy atom. The van der Waals surface area contributed by atoms with E-state index in [1.165, 1.54) is 21.5 Å². The average molecular weight is 554 g/mol. The molecule has 0 atom stereocenters. The van der Waals surface area contributed by atoms with Crippen LogP contribution in [0.2, 0.25) is 0 Å². The highest BCUT2D eigenvalue weighted by atomic mass is 16.5. The number of rotatable bonds is 6. The number of amides is 1. The number of fused-ring (bicyclic) bond motifs is 2. The lowest BCUT2D eigenvalue weighted by atomic mass is 10.2. The summed E-state index contributed by atoms with van der Waals surface area (Å²) in [4.78, 5) is 46.4. The Hall–Kier alpha value is -4.71. The van der Waals surface area contributed by atoms with Gasteiger partial charge in [-0.25, -0.2) is 19.3 Å². The molecule has 0 radical (unpaired) electrons. The number of benzene rings is 1. The van der Waals surface area contributed by atoms with Crippen LogP contribution in [0.5, 0.6) is 5.75 Å². The van der Waals surface area contributed by atoms with Gasteiger partial charge in [-0.1, -0.05) is 6.08 Å². The molecule has 7 rings (SSSR count). The Kier molecular flexibility index (Phi) is 5.82. The lowest BCUT2D eigenvalue weighted by Gasteiger charge is -2.34. The first-order chi connectivity index (χ1) is 19.9. The zero-order valence-corrected chi connectivity index (χ0v) is 23.1. The van der Waals surface area contributed by atoms with Crippen LogP contribution in [0, 0.1) is 0 Å². The molecule has 0 unspecified atom stereocenters. The lowest BCUT2D eigenvalue weighted by molar-refractivity contribution is -0.127. The van der Waals surface area contributed by atoms with Gasteiger partial charge < -0.3 is 19.9 Å². The van der Waals surface area contributed by atoms with Gasteiger partial charge in [-0.05, 0) is 43.4 Å². The van der Waals surface area contributed by atoms with E-state index >= 15 is 0 Å². The number of piperazine rings is 1. The van der Waals surface area contributed by atoms with Crippen molar-refractivity contribution in [1.82, 2.24) is 29.2 Å². The fourth-order valence-electron chi connectivity index (χ4n) is 5.51. The fourth-order valence-corrected chi connectivity index (χ4v) is 5.51. The van der Waals surface area contributed by atoms with Crippen molar-refractivity contribution in [3.63, 3.8) is 0 Å². The second-order valence-corrected chi connectivity index (χ2v) is 10.8. The highest BCUT2D eigenvalue weighted by Gasteiger charge is 2.57. The molecule has 0 bridgehead atoms. The minimum atomic E-state index is -0.757. The highest BCUT2D eigenvalue weighted by molar-refractivity contribution is 6.03. The molecule has 3 aromatic heterocycles. The molecule has 2 fully saturated rings. The van der Waals surface area contributed by atoms with E-state index < -0.39 is 5.60 Å². The molecule has 1 saturated carbocycles. The molecular formula is C29H31N9O3. The van der Waals surface area contributed by atoms with Crippen molar-refractivity contribution in [2.24, 2.45) is 0 Å². The largest absolute Gasteiger partial charge is 0.474 e. The Morgan fingerprint density at radius 3 is 2.49 bits per heavy atom. The maximum Gasteiger partial charge on any atom is 0.278 e. The van der Waals surface area contributed by atoms with E-state index in [4.69, 9.17) is 14.7 Å². The van der Waals surface area contributed by atoms with Gasteiger partial charge in [0.05, 0.1) is 6.54 Å². The molecule has 210 valence electrons. The Morgan fingerprint density at radius 2 is 1.78 bits per heavy atom. The standard InChI is InChI=1S/C29H31N9O3/c1-4-13-37-26(39)21-18-30-28(31-19-5-7-20(8-6-19)36-16-14-34(2)15-17-36)33-24(21)38(37)23-10-9-22-25(32-23)35(3)27(40)29(41-22)11-12-29/h4-10,18H,1,11-17H2,2-3H3,(H,30,31,33). The van der Waals surface area contributed by atoms with Gasteiger partial charge in [0.25, 0.3) is 11.5 Å². The SMILES string of the molecule is C=CCn1c(=O)c2cnc(Nc3ccc(N4CCN(C)CC4)cc3)nc2n1-c1ccc2c(n1)N(C)C(=O)C1(CC1)O2. The predicted octanol–water partition coefficient (Wildman–Crippen LogP) is 2.55. The summed E-state index contributed by atoms with van der Waals surface area (Å²) < 4.78 is 9.17. The monoisotopic (exact) mass is 553 g/mol. The van der Waals surface area contributed by atoms with Crippen LogP contribution < -0.4 is 25.4 Å². The molecule has 1 saturated heterocycles. The Labute approximate surface area is 236 Å². The van der Waals surface area contributed by atoms with Gasteiger partial charge in [-0.15, -0.1) is 6.58 Å². The van der Waals surface area contributed by atoms with Crippen molar-refractivity contribution >= 4 is 40.1 Å². The molecule has 1 N–H and O–H groups in total. The molecule has 1 aromatic carbocycles. The summed E-state index contributed by atoms with van der Waals surface area (Å²) in [6.45, 7) is 8.13. The van der Waals surface area contributed by atoms with Gasteiger partial charge in [0, 0.05) is 63.6 Å². The quantitative estimate of drug-likeness (QED) is 0.360. The lowest BCUT2D eigenvalue weighted by Crippen LogP contribution is -2.46. The van der Waals surface area contributed by atoms with Crippen molar-refractivity contribution < 1.29 is 9.53 Å². The fraction of sp³-hybridized carbons (Fsp3) is 0.345.